The average molecular weight is 309 g/mol. The molecule has 2 radical (unpaired) electrons. The molecule has 0 aromatic rings. The predicted molar refractivity (Wildman–Crippen MR) is 78.2 cm³/mol. The Morgan fingerprint density at radius 3 is 1.47 bits per heavy atom. The second kappa shape index (κ2) is 12.0. The monoisotopic (exact) mass is 308 g/mol. The van der Waals surface area contributed by atoms with Gasteiger partial charge in [-0.3, -0.25) is 0 Å². The summed E-state index contributed by atoms with van der Waals surface area (Å²) in [7, 11) is -2.10. The molecule has 0 aromatic heterocycles. The maximum absolute atomic E-state index is 5.81. The summed E-state index contributed by atoms with van der Waals surface area (Å²) in [6.45, 7) is 12.9. The highest BCUT2D eigenvalue weighted by atomic mass is 28.4. The molecule has 0 unspecified atom stereocenters. The Hall–Kier alpha value is 0.234. The lowest BCUT2D eigenvalue weighted by atomic mass is 10.9. The highest BCUT2D eigenvalue weighted by Gasteiger charge is 2.41. The minimum atomic E-state index is -2.56. The van der Waals surface area contributed by atoms with Crippen molar-refractivity contribution >= 4 is 18.3 Å². The summed E-state index contributed by atoms with van der Waals surface area (Å²) < 4.78 is 28.5. The first kappa shape index (κ1) is 19.2. The summed E-state index contributed by atoms with van der Waals surface area (Å²) >= 11 is 0. The van der Waals surface area contributed by atoms with E-state index >= 15 is 0 Å². The van der Waals surface area contributed by atoms with Crippen molar-refractivity contribution in [1.82, 2.24) is 0 Å². The molecule has 0 aliphatic carbocycles. The van der Waals surface area contributed by atoms with Crippen LogP contribution in [-0.2, 0) is 22.8 Å². The normalized spacial score (nSPS) is 12.3. The molecule has 0 bridgehead atoms. The van der Waals surface area contributed by atoms with Crippen molar-refractivity contribution in [2.45, 2.75) is 46.2 Å². The van der Waals surface area contributed by atoms with Crippen LogP contribution in [-0.4, -0.2) is 57.3 Å². The lowest BCUT2D eigenvalue weighted by Crippen LogP contribution is -2.48. The molecule has 0 atom stereocenters. The van der Waals surface area contributed by atoms with Gasteiger partial charge in [0.05, 0.1) is 0 Å². The smallest absolute Gasteiger partial charge is 0.374 e. The van der Waals surface area contributed by atoms with Gasteiger partial charge in [-0.05, 0) is 34.6 Å². The van der Waals surface area contributed by atoms with E-state index in [1.54, 1.807) is 0 Å². The molecule has 0 aliphatic rings. The molecular formula is C12H28O5Si2. The van der Waals surface area contributed by atoms with E-state index in [1.807, 2.05) is 34.6 Å². The number of ether oxygens (including phenoxy) is 2. The zero-order chi connectivity index (χ0) is 14.6. The third-order valence-corrected chi connectivity index (χ3v) is 7.61. The van der Waals surface area contributed by atoms with Gasteiger partial charge in [0, 0.05) is 38.7 Å². The van der Waals surface area contributed by atoms with Crippen LogP contribution >= 0.6 is 0 Å². The lowest BCUT2D eigenvalue weighted by molar-refractivity contribution is -0.0829. The fraction of sp³-hybridized carbons (Fsp3) is 1.00. The van der Waals surface area contributed by atoms with E-state index in [0.29, 0.717) is 42.6 Å². The summed E-state index contributed by atoms with van der Waals surface area (Å²) in [5.74, 6) is -0.178. The Bertz CT molecular complexity index is 184. The molecule has 0 saturated carbocycles. The molecular weight excluding hydrogens is 280 g/mol. The van der Waals surface area contributed by atoms with E-state index in [9.17, 15) is 0 Å². The Morgan fingerprint density at radius 2 is 1.16 bits per heavy atom. The van der Waals surface area contributed by atoms with Gasteiger partial charge in [-0.2, -0.15) is 0 Å². The highest BCUT2D eigenvalue weighted by Crippen LogP contribution is 2.16. The summed E-state index contributed by atoms with van der Waals surface area (Å²) in [6, 6.07) is 0. The van der Waals surface area contributed by atoms with Gasteiger partial charge in [-0.15, -0.1) is 0 Å². The van der Waals surface area contributed by atoms with Crippen molar-refractivity contribution in [2.75, 3.05) is 33.0 Å². The zero-order valence-corrected chi connectivity index (χ0v) is 14.9. The topological polar surface area (TPSA) is 46.2 Å². The molecule has 0 rings (SSSR count). The minimum absolute atomic E-state index is 0.178. The molecule has 19 heavy (non-hydrogen) atoms. The SMILES string of the molecule is CCOC(OCC)[Si]C[Si](OCC)(OCC)OCC. The first-order valence-electron chi connectivity index (χ1n) is 7.06. The van der Waals surface area contributed by atoms with Gasteiger partial charge in [-0.25, -0.2) is 0 Å². The first-order valence-corrected chi connectivity index (χ1v) is 10.3. The zero-order valence-electron chi connectivity index (χ0n) is 12.9. The van der Waals surface area contributed by atoms with Crippen LogP contribution in [0.25, 0.3) is 0 Å². The van der Waals surface area contributed by atoms with Gasteiger partial charge < -0.3 is 22.8 Å². The van der Waals surface area contributed by atoms with Crippen molar-refractivity contribution in [3.05, 3.63) is 0 Å². The molecule has 0 fully saturated rings. The van der Waals surface area contributed by atoms with E-state index in [-0.39, 0.29) is 5.91 Å². The van der Waals surface area contributed by atoms with E-state index in [2.05, 4.69) is 0 Å². The quantitative estimate of drug-likeness (QED) is 0.385. The Labute approximate surface area is 121 Å². The van der Waals surface area contributed by atoms with Crippen LogP contribution in [0.3, 0.4) is 0 Å². The summed E-state index contributed by atoms with van der Waals surface area (Å²) in [5.41, 5.74) is 0.743. The van der Waals surface area contributed by atoms with Gasteiger partial charge in [0.25, 0.3) is 0 Å². The maximum atomic E-state index is 5.81. The fourth-order valence-corrected chi connectivity index (χ4v) is 6.64. The molecule has 7 heteroatoms. The standard InChI is InChI=1S/C12H28O5Si2/c1-6-13-12(14-7-2)18-11-19(15-8-3,16-9-4)17-10-5/h12H,6-11H2,1-5H3. The van der Waals surface area contributed by atoms with E-state index in [4.69, 9.17) is 22.8 Å². The highest BCUT2D eigenvalue weighted by molar-refractivity contribution is 6.71. The number of hydrogen-bond donors (Lipinski definition) is 0. The predicted octanol–water partition coefficient (Wildman–Crippen LogP) is 2.05. The summed E-state index contributed by atoms with van der Waals surface area (Å²) in [5, 5.41) is 0. The van der Waals surface area contributed by atoms with Crippen LogP contribution in [0, 0.1) is 0 Å². The van der Waals surface area contributed by atoms with Crippen LogP contribution in [0.4, 0.5) is 0 Å². The lowest BCUT2D eigenvalue weighted by Gasteiger charge is -2.29. The molecule has 114 valence electrons. The van der Waals surface area contributed by atoms with Crippen molar-refractivity contribution in [2.24, 2.45) is 0 Å². The van der Waals surface area contributed by atoms with Crippen LogP contribution in [0.15, 0.2) is 0 Å². The van der Waals surface area contributed by atoms with E-state index < -0.39 is 8.80 Å². The van der Waals surface area contributed by atoms with Crippen molar-refractivity contribution in [3.63, 3.8) is 0 Å². The van der Waals surface area contributed by atoms with Gasteiger partial charge >= 0.3 is 8.80 Å². The molecule has 0 amide bonds. The van der Waals surface area contributed by atoms with E-state index in [1.165, 1.54) is 0 Å². The first-order chi connectivity index (χ1) is 9.17. The van der Waals surface area contributed by atoms with Crippen LogP contribution in [0.5, 0.6) is 0 Å². The number of hydrogen-bond acceptors (Lipinski definition) is 5. The van der Waals surface area contributed by atoms with Gasteiger partial charge in [0.2, 0.25) is 0 Å². The molecule has 0 heterocycles. The molecule has 0 aromatic carbocycles. The van der Waals surface area contributed by atoms with Crippen molar-refractivity contribution in [3.8, 4) is 0 Å². The average Bonchev–Trinajstić information content (AvgIpc) is 2.37. The maximum Gasteiger partial charge on any atom is 0.497 e. The molecule has 5 nitrogen and oxygen atoms in total. The summed E-state index contributed by atoms with van der Waals surface area (Å²) in [6.07, 6.45) is 0. The minimum Gasteiger partial charge on any atom is -0.374 e. The van der Waals surface area contributed by atoms with Crippen molar-refractivity contribution < 1.29 is 22.8 Å². The van der Waals surface area contributed by atoms with Crippen molar-refractivity contribution in [1.29, 1.82) is 0 Å². The number of rotatable bonds is 13. The third-order valence-electron chi connectivity index (χ3n) is 2.21. The Kier molecular flexibility index (Phi) is 12.2. The fourth-order valence-electron chi connectivity index (χ4n) is 1.61. The Balaban J connectivity index is 4.49. The molecule has 0 saturated heterocycles. The van der Waals surface area contributed by atoms with Crippen LogP contribution < -0.4 is 0 Å². The second-order valence-electron chi connectivity index (χ2n) is 3.61. The molecule has 0 N–H and O–H groups in total. The van der Waals surface area contributed by atoms with Crippen LogP contribution in [0.1, 0.15) is 34.6 Å². The Morgan fingerprint density at radius 1 is 0.737 bits per heavy atom. The van der Waals surface area contributed by atoms with Gasteiger partial charge in [0.15, 0.2) is 0 Å². The second-order valence-corrected chi connectivity index (χ2v) is 8.13. The molecule has 0 aliphatic heterocycles. The largest absolute Gasteiger partial charge is 0.497 e. The van der Waals surface area contributed by atoms with Gasteiger partial charge in [-0.1, -0.05) is 0 Å². The van der Waals surface area contributed by atoms with Gasteiger partial charge in [0.1, 0.15) is 15.4 Å². The third kappa shape index (κ3) is 8.18. The van der Waals surface area contributed by atoms with Crippen LogP contribution in [0.2, 0.25) is 5.67 Å². The summed E-state index contributed by atoms with van der Waals surface area (Å²) in [4.78, 5) is 0. The van der Waals surface area contributed by atoms with E-state index in [0.717, 1.165) is 5.67 Å². The molecule has 0 spiro atoms.